The molecule has 1 aliphatic carbocycles. The van der Waals surface area contributed by atoms with Gasteiger partial charge >= 0.3 is 0 Å². The molecule has 0 amide bonds. The molecule has 0 unspecified atom stereocenters. The topological polar surface area (TPSA) is 52.8 Å². The molecule has 0 radical (unpaired) electrons. The van der Waals surface area contributed by atoms with Crippen molar-refractivity contribution in [2.75, 3.05) is 57.1 Å². The smallest absolute Gasteiger partial charge is 0.210 e. The van der Waals surface area contributed by atoms with Gasteiger partial charge in [-0.2, -0.15) is 0 Å². The molecule has 0 atom stereocenters. The zero-order valence-corrected chi connectivity index (χ0v) is 14.8. The molecular formula is C19H22N4O2. The molecule has 1 fully saturated rings. The minimum atomic E-state index is -0.0891. The van der Waals surface area contributed by atoms with Crippen LogP contribution in [0.15, 0.2) is 39.5 Å². The van der Waals surface area contributed by atoms with E-state index in [9.17, 15) is 4.79 Å². The molecule has 3 aliphatic rings. The zero-order chi connectivity index (χ0) is 17.6. The summed E-state index contributed by atoms with van der Waals surface area (Å²) in [5, 5.41) is 0. The second-order valence-corrected chi connectivity index (χ2v) is 6.84. The van der Waals surface area contributed by atoms with Crippen LogP contribution >= 0.6 is 0 Å². The van der Waals surface area contributed by atoms with Crippen molar-refractivity contribution in [3.8, 4) is 11.5 Å². The average Bonchev–Trinajstić information content (AvgIpc) is 2.60. The second kappa shape index (κ2) is 6.04. The number of benzene rings is 2. The van der Waals surface area contributed by atoms with Crippen molar-refractivity contribution in [3.63, 3.8) is 0 Å². The van der Waals surface area contributed by atoms with Gasteiger partial charge in [0, 0.05) is 69.8 Å². The summed E-state index contributed by atoms with van der Waals surface area (Å²) in [5.41, 5.74) is 3.64. The van der Waals surface area contributed by atoms with Gasteiger partial charge in [-0.15, -0.1) is 0 Å². The summed E-state index contributed by atoms with van der Waals surface area (Å²) in [7, 11) is 6.08. The van der Waals surface area contributed by atoms with Gasteiger partial charge in [0.1, 0.15) is 5.52 Å². The molecule has 6 heteroatoms. The summed E-state index contributed by atoms with van der Waals surface area (Å²) < 4.78 is 6.04. The summed E-state index contributed by atoms with van der Waals surface area (Å²) in [6, 6.07) is 9.43. The summed E-state index contributed by atoms with van der Waals surface area (Å²) in [5.74, 6) is 0.546. The molecule has 0 spiro atoms. The first kappa shape index (κ1) is 15.9. The molecule has 1 aromatic rings. The van der Waals surface area contributed by atoms with Crippen LogP contribution in [0.25, 0.3) is 22.6 Å². The minimum Gasteiger partial charge on any atom is -0.453 e. The molecule has 4 rings (SSSR count). The number of hydrogen-bond acceptors (Lipinski definition) is 6. The number of hydrogen-bond donors (Lipinski definition) is 0. The first-order valence-electron chi connectivity index (χ1n) is 8.51. The van der Waals surface area contributed by atoms with Gasteiger partial charge in [-0.1, -0.05) is 0 Å². The van der Waals surface area contributed by atoms with E-state index in [2.05, 4.69) is 21.8 Å². The van der Waals surface area contributed by atoms with Gasteiger partial charge in [0.2, 0.25) is 5.43 Å². The van der Waals surface area contributed by atoms with E-state index in [1.54, 1.807) is 6.07 Å². The number of anilines is 2. The summed E-state index contributed by atoms with van der Waals surface area (Å²) in [4.78, 5) is 23.6. The van der Waals surface area contributed by atoms with Gasteiger partial charge in [0.25, 0.3) is 0 Å². The normalized spacial score (nSPS) is 15.9. The number of nitrogens with zero attached hydrogens (tertiary/aromatic N) is 4. The van der Waals surface area contributed by atoms with E-state index in [-0.39, 0.29) is 5.43 Å². The fourth-order valence-electron chi connectivity index (χ4n) is 3.20. The predicted molar refractivity (Wildman–Crippen MR) is 101 cm³/mol. The monoisotopic (exact) mass is 338 g/mol. The van der Waals surface area contributed by atoms with Gasteiger partial charge < -0.3 is 19.1 Å². The fraction of sp³-hybridized carbons (Fsp3) is 0.368. The third-order valence-electron chi connectivity index (χ3n) is 4.81. The van der Waals surface area contributed by atoms with Crippen molar-refractivity contribution >= 4 is 22.5 Å². The SMILES string of the molecule is CN1CCN(c2cc3oc4cc(N(C)C)ccc4nc-3c(=O)c2)CC1. The van der Waals surface area contributed by atoms with Gasteiger partial charge in [0.15, 0.2) is 17.0 Å². The van der Waals surface area contributed by atoms with Crippen LogP contribution in [0.1, 0.15) is 0 Å². The Morgan fingerprint density at radius 2 is 1.84 bits per heavy atom. The molecule has 0 N–H and O–H groups in total. The van der Waals surface area contributed by atoms with Gasteiger partial charge in [-0.3, -0.25) is 4.79 Å². The summed E-state index contributed by atoms with van der Waals surface area (Å²) in [6.45, 7) is 3.80. The van der Waals surface area contributed by atoms with Crippen molar-refractivity contribution < 1.29 is 4.42 Å². The molecule has 130 valence electrons. The largest absolute Gasteiger partial charge is 0.453 e. The van der Waals surface area contributed by atoms with Crippen LogP contribution < -0.4 is 15.2 Å². The summed E-state index contributed by atoms with van der Waals surface area (Å²) >= 11 is 0. The quantitative estimate of drug-likeness (QED) is 0.667. The Hall–Kier alpha value is -2.60. The Balaban J connectivity index is 1.82. The van der Waals surface area contributed by atoms with Crippen molar-refractivity contribution in [2.45, 2.75) is 0 Å². The van der Waals surface area contributed by atoms with Crippen LogP contribution in [0.3, 0.4) is 0 Å². The number of rotatable bonds is 2. The first-order chi connectivity index (χ1) is 12.0. The highest BCUT2D eigenvalue weighted by Gasteiger charge is 2.20. The lowest BCUT2D eigenvalue weighted by atomic mass is 10.1. The minimum absolute atomic E-state index is 0.0891. The van der Waals surface area contributed by atoms with Gasteiger partial charge in [0.05, 0.1) is 0 Å². The highest BCUT2D eigenvalue weighted by atomic mass is 16.3. The molecule has 1 saturated heterocycles. The Bertz CT molecular complexity index is 942. The Morgan fingerprint density at radius 1 is 1.08 bits per heavy atom. The highest BCUT2D eigenvalue weighted by molar-refractivity contribution is 5.80. The molecular weight excluding hydrogens is 316 g/mol. The molecule has 0 aromatic heterocycles. The van der Waals surface area contributed by atoms with E-state index in [1.165, 1.54) is 0 Å². The molecule has 2 heterocycles. The number of fused-ring (bicyclic) bond motifs is 2. The molecule has 25 heavy (non-hydrogen) atoms. The number of aromatic nitrogens is 1. The lowest BCUT2D eigenvalue weighted by Gasteiger charge is -2.34. The molecule has 2 aliphatic heterocycles. The summed E-state index contributed by atoms with van der Waals surface area (Å²) in [6.07, 6.45) is 0. The van der Waals surface area contributed by atoms with Crippen LogP contribution in [-0.2, 0) is 0 Å². The van der Waals surface area contributed by atoms with E-state index in [4.69, 9.17) is 4.42 Å². The number of likely N-dealkylation sites (N-methyl/N-ethyl adjacent to an activating group) is 1. The van der Waals surface area contributed by atoms with Crippen LogP contribution in [-0.4, -0.2) is 57.2 Å². The lowest BCUT2D eigenvalue weighted by Crippen LogP contribution is -2.44. The van der Waals surface area contributed by atoms with Gasteiger partial charge in [-0.05, 0) is 19.2 Å². The van der Waals surface area contributed by atoms with Crippen molar-refractivity contribution in [3.05, 3.63) is 40.6 Å². The highest BCUT2D eigenvalue weighted by Crippen LogP contribution is 2.28. The zero-order valence-electron chi connectivity index (χ0n) is 14.8. The first-order valence-corrected chi connectivity index (χ1v) is 8.51. The Labute approximate surface area is 146 Å². The van der Waals surface area contributed by atoms with Crippen LogP contribution in [0.5, 0.6) is 0 Å². The van der Waals surface area contributed by atoms with E-state index in [0.29, 0.717) is 22.6 Å². The molecule has 6 nitrogen and oxygen atoms in total. The molecule has 1 aromatic carbocycles. The van der Waals surface area contributed by atoms with E-state index in [1.807, 2.05) is 43.3 Å². The van der Waals surface area contributed by atoms with Crippen LogP contribution in [0.4, 0.5) is 11.4 Å². The van der Waals surface area contributed by atoms with E-state index < -0.39 is 0 Å². The maximum absolute atomic E-state index is 12.6. The van der Waals surface area contributed by atoms with Crippen LogP contribution in [0.2, 0.25) is 0 Å². The third-order valence-corrected chi connectivity index (χ3v) is 4.81. The Morgan fingerprint density at radius 3 is 2.56 bits per heavy atom. The number of piperazine rings is 1. The average molecular weight is 338 g/mol. The maximum atomic E-state index is 12.6. The second-order valence-electron chi connectivity index (χ2n) is 6.84. The van der Waals surface area contributed by atoms with E-state index in [0.717, 1.165) is 37.6 Å². The standard InChI is InChI=1S/C19H22N4O2/c1-21(2)13-4-5-15-17(11-13)25-18-12-14(10-16(24)19(18)20-15)23-8-6-22(3)7-9-23/h4-5,10-12H,6-9H2,1-3H3. The molecule has 0 bridgehead atoms. The molecule has 0 saturated carbocycles. The van der Waals surface area contributed by atoms with Crippen LogP contribution in [0, 0.1) is 0 Å². The van der Waals surface area contributed by atoms with Crippen molar-refractivity contribution in [1.29, 1.82) is 0 Å². The maximum Gasteiger partial charge on any atom is 0.210 e. The third kappa shape index (κ3) is 2.93. The Kier molecular flexibility index (Phi) is 3.84. The lowest BCUT2D eigenvalue weighted by molar-refractivity contribution is 0.313. The van der Waals surface area contributed by atoms with E-state index >= 15 is 0 Å². The fourth-order valence-corrected chi connectivity index (χ4v) is 3.20. The van der Waals surface area contributed by atoms with Crippen molar-refractivity contribution in [2.24, 2.45) is 0 Å². The predicted octanol–water partition coefficient (Wildman–Crippen LogP) is 2.11. The van der Waals surface area contributed by atoms with Gasteiger partial charge in [-0.25, -0.2) is 4.98 Å². The van der Waals surface area contributed by atoms with Crippen molar-refractivity contribution in [1.82, 2.24) is 9.88 Å².